The summed E-state index contributed by atoms with van der Waals surface area (Å²) in [6.07, 6.45) is 40.2. The number of hydrogen-bond donors (Lipinski definition) is 3. The molecule has 0 radical (unpaired) electrons. The molecular formula is C39H78O4. The van der Waals surface area contributed by atoms with Crippen molar-refractivity contribution in [1.29, 1.82) is 0 Å². The minimum absolute atomic E-state index is 0.154. The van der Waals surface area contributed by atoms with E-state index in [4.69, 9.17) is 0 Å². The van der Waals surface area contributed by atoms with E-state index in [0.29, 0.717) is 12.8 Å². The van der Waals surface area contributed by atoms with E-state index in [1.165, 1.54) is 167 Å². The van der Waals surface area contributed by atoms with Crippen LogP contribution in [-0.2, 0) is 4.79 Å². The molecule has 0 aromatic carbocycles. The topological polar surface area (TPSA) is 77.8 Å². The zero-order valence-corrected chi connectivity index (χ0v) is 29.4. The maximum absolute atomic E-state index is 11.8. The predicted octanol–water partition coefficient (Wildman–Crippen LogP) is 12.5. The van der Waals surface area contributed by atoms with Crippen LogP contribution in [0.3, 0.4) is 0 Å². The molecule has 0 amide bonds. The average Bonchev–Trinajstić information content (AvgIpc) is 3.00. The van der Waals surface area contributed by atoms with E-state index in [9.17, 15) is 20.1 Å². The van der Waals surface area contributed by atoms with Crippen molar-refractivity contribution < 1.29 is 20.1 Å². The number of aliphatic hydroxyl groups excluding tert-OH is 1. The van der Waals surface area contributed by atoms with Crippen molar-refractivity contribution in [2.45, 2.75) is 244 Å². The minimum atomic E-state index is -1.99. The van der Waals surface area contributed by atoms with Gasteiger partial charge in [-0.05, 0) is 19.3 Å². The summed E-state index contributed by atoms with van der Waals surface area (Å²) in [6, 6.07) is 0. The average molecular weight is 611 g/mol. The molecule has 0 aromatic rings. The van der Waals surface area contributed by atoms with E-state index in [2.05, 4.69) is 13.8 Å². The number of carboxylic acid groups (broad SMARTS) is 1. The van der Waals surface area contributed by atoms with Gasteiger partial charge in [-0.1, -0.05) is 213 Å². The van der Waals surface area contributed by atoms with Crippen molar-refractivity contribution in [3.05, 3.63) is 0 Å². The van der Waals surface area contributed by atoms with Crippen LogP contribution in [0.25, 0.3) is 0 Å². The maximum Gasteiger partial charge on any atom is 0.338 e. The second kappa shape index (κ2) is 32.8. The van der Waals surface area contributed by atoms with Crippen LogP contribution < -0.4 is 0 Å². The van der Waals surface area contributed by atoms with Crippen molar-refractivity contribution in [2.75, 3.05) is 0 Å². The SMILES string of the molecule is CCCCCCCCCCCCCCCCCCC(O)C(O)(CCCCCCCCCCCCCCCCCC)C(=O)O. The molecule has 0 rings (SSSR count). The molecule has 0 aliphatic carbocycles. The summed E-state index contributed by atoms with van der Waals surface area (Å²) in [7, 11) is 0. The molecule has 43 heavy (non-hydrogen) atoms. The van der Waals surface area contributed by atoms with Crippen molar-refractivity contribution in [3.63, 3.8) is 0 Å². The number of rotatable bonds is 36. The molecule has 4 heteroatoms. The lowest BCUT2D eigenvalue weighted by Crippen LogP contribution is -2.49. The third-order valence-corrected chi connectivity index (χ3v) is 9.66. The molecule has 0 fully saturated rings. The van der Waals surface area contributed by atoms with Crippen molar-refractivity contribution >= 4 is 5.97 Å². The summed E-state index contributed by atoms with van der Waals surface area (Å²) in [5.41, 5.74) is -1.99. The fourth-order valence-corrected chi connectivity index (χ4v) is 6.48. The second-order valence-electron chi connectivity index (χ2n) is 13.9. The Balaban J connectivity index is 3.64. The molecule has 0 aromatic heterocycles. The Hall–Kier alpha value is -0.610. The van der Waals surface area contributed by atoms with Gasteiger partial charge in [0.25, 0.3) is 0 Å². The Kier molecular flexibility index (Phi) is 32.3. The van der Waals surface area contributed by atoms with Gasteiger partial charge >= 0.3 is 5.97 Å². The third kappa shape index (κ3) is 27.4. The lowest BCUT2D eigenvalue weighted by molar-refractivity contribution is -0.173. The van der Waals surface area contributed by atoms with Crippen molar-refractivity contribution in [2.24, 2.45) is 0 Å². The molecular weight excluding hydrogens is 532 g/mol. The number of hydrogen-bond acceptors (Lipinski definition) is 3. The van der Waals surface area contributed by atoms with Crippen molar-refractivity contribution in [3.8, 4) is 0 Å². The highest BCUT2D eigenvalue weighted by atomic mass is 16.4. The van der Waals surface area contributed by atoms with Gasteiger partial charge in [-0.15, -0.1) is 0 Å². The summed E-state index contributed by atoms with van der Waals surface area (Å²) in [6.45, 7) is 4.54. The quantitative estimate of drug-likeness (QED) is 0.0617. The highest BCUT2D eigenvalue weighted by Crippen LogP contribution is 2.25. The van der Waals surface area contributed by atoms with Gasteiger partial charge in [0, 0.05) is 0 Å². The Morgan fingerprint density at radius 1 is 0.442 bits per heavy atom. The second-order valence-corrected chi connectivity index (χ2v) is 13.9. The molecule has 258 valence electrons. The van der Waals surface area contributed by atoms with Crippen molar-refractivity contribution in [1.82, 2.24) is 0 Å². The molecule has 0 saturated heterocycles. The van der Waals surface area contributed by atoms with Gasteiger partial charge < -0.3 is 15.3 Å². The number of carbonyl (C=O) groups is 1. The number of aliphatic carboxylic acids is 1. The first-order chi connectivity index (χ1) is 21.0. The standard InChI is InChI=1S/C39H78O4/c1-3-5-7-9-11-13-15-17-19-21-23-25-27-29-31-33-35-37(40)39(43,38(41)42)36-34-32-30-28-26-24-22-20-18-16-14-12-10-8-6-4-2/h37,40,43H,3-36H2,1-2H3,(H,41,42). The highest BCUT2D eigenvalue weighted by Gasteiger charge is 2.42. The van der Waals surface area contributed by atoms with Gasteiger partial charge in [0.05, 0.1) is 6.10 Å². The predicted molar refractivity (Wildman–Crippen MR) is 187 cm³/mol. The fraction of sp³-hybridized carbons (Fsp3) is 0.974. The van der Waals surface area contributed by atoms with Crippen LogP contribution in [0.1, 0.15) is 232 Å². The van der Waals surface area contributed by atoms with E-state index in [1.54, 1.807) is 0 Å². The largest absolute Gasteiger partial charge is 0.479 e. The first kappa shape index (κ1) is 42.4. The molecule has 0 saturated carbocycles. The third-order valence-electron chi connectivity index (χ3n) is 9.66. The molecule has 0 aliphatic rings. The zero-order valence-electron chi connectivity index (χ0n) is 29.4. The lowest BCUT2D eigenvalue weighted by atomic mass is 9.87. The molecule has 0 heterocycles. The summed E-state index contributed by atoms with van der Waals surface area (Å²) in [4.78, 5) is 11.8. The van der Waals surface area contributed by atoms with Gasteiger partial charge in [0.15, 0.2) is 5.60 Å². The van der Waals surface area contributed by atoms with E-state index in [0.717, 1.165) is 32.1 Å². The maximum atomic E-state index is 11.8. The molecule has 4 nitrogen and oxygen atoms in total. The van der Waals surface area contributed by atoms with Gasteiger partial charge in [0.1, 0.15) is 0 Å². The number of unbranched alkanes of at least 4 members (excludes halogenated alkanes) is 30. The van der Waals surface area contributed by atoms with E-state index in [1.807, 2.05) is 0 Å². The molecule has 2 unspecified atom stereocenters. The summed E-state index contributed by atoms with van der Waals surface area (Å²) >= 11 is 0. The highest BCUT2D eigenvalue weighted by molar-refractivity contribution is 5.77. The van der Waals surface area contributed by atoms with Gasteiger partial charge in [0.2, 0.25) is 0 Å². The van der Waals surface area contributed by atoms with Gasteiger partial charge in [-0.25, -0.2) is 4.79 Å². The lowest BCUT2D eigenvalue weighted by Gasteiger charge is -2.29. The van der Waals surface area contributed by atoms with Gasteiger partial charge in [-0.3, -0.25) is 0 Å². The van der Waals surface area contributed by atoms with Crippen LogP contribution in [0, 0.1) is 0 Å². The van der Waals surface area contributed by atoms with Crippen LogP contribution in [0.15, 0.2) is 0 Å². The molecule has 0 spiro atoms. The molecule has 0 bridgehead atoms. The normalized spacial score (nSPS) is 13.8. The summed E-state index contributed by atoms with van der Waals surface area (Å²) in [5.74, 6) is -1.27. The fourth-order valence-electron chi connectivity index (χ4n) is 6.48. The zero-order chi connectivity index (χ0) is 31.7. The van der Waals surface area contributed by atoms with Crippen LogP contribution in [0.4, 0.5) is 0 Å². The van der Waals surface area contributed by atoms with Crippen LogP contribution in [-0.4, -0.2) is 33.0 Å². The first-order valence-electron chi connectivity index (χ1n) is 19.6. The minimum Gasteiger partial charge on any atom is -0.479 e. The number of carboxylic acids is 1. The van der Waals surface area contributed by atoms with Crippen LogP contribution >= 0.6 is 0 Å². The molecule has 3 N–H and O–H groups in total. The monoisotopic (exact) mass is 611 g/mol. The Morgan fingerprint density at radius 3 is 0.930 bits per heavy atom. The smallest absolute Gasteiger partial charge is 0.338 e. The van der Waals surface area contributed by atoms with Gasteiger partial charge in [-0.2, -0.15) is 0 Å². The Labute approximate surface area is 269 Å². The van der Waals surface area contributed by atoms with E-state index >= 15 is 0 Å². The summed E-state index contributed by atoms with van der Waals surface area (Å²) in [5, 5.41) is 31.0. The van der Waals surface area contributed by atoms with E-state index < -0.39 is 17.7 Å². The number of aliphatic hydroxyl groups is 2. The summed E-state index contributed by atoms with van der Waals surface area (Å²) < 4.78 is 0. The Bertz CT molecular complexity index is 565. The van der Waals surface area contributed by atoms with Crippen LogP contribution in [0.5, 0.6) is 0 Å². The first-order valence-corrected chi connectivity index (χ1v) is 19.6. The molecule has 2 atom stereocenters. The Morgan fingerprint density at radius 2 is 0.674 bits per heavy atom. The van der Waals surface area contributed by atoms with Crippen LogP contribution in [0.2, 0.25) is 0 Å². The molecule has 0 aliphatic heterocycles. The van der Waals surface area contributed by atoms with E-state index in [-0.39, 0.29) is 6.42 Å².